The minimum Gasteiger partial charge on any atom is -0.207 e. The molecule has 44 heavy (non-hydrogen) atoms. The van der Waals surface area contributed by atoms with E-state index in [4.69, 9.17) is 0 Å². The lowest BCUT2D eigenvalue weighted by atomic mass is 10.0. The van der Waals surface area contributed by atoms with Gasteiger partial charge in [-0.05, 0) is 155 Å². The molecule has 0 aliphatic heterocycles. The minimum absolute atomic E-state index is 0.0255. The van der Waals surface area contributed by atoms with Crippen LogP contribution in [-0.4, -0.2) is 0 Å². The van der Waals surface area contributed by atoms with E-state index < -0.39 is 0 Å². The van der Waals surface area contributed by atoms with Crippen molar-refractivity contribution in [2.45, 2.75) is 108 Å². The first-order chi connectivity index (χ1) is 20.7. The van der Waals surface area contributed by atoms with E-state index in [0.29, 0.717) is 11.5 Å². The van der Waals surface area contributed by atoms with Crippen LogP contribution in [0.2, 0.25) is 0 Å². The van der Waals surface area contributed by atoms with Crippen molar-refractivity contribution < 1.29 is 17.6 Å². The quantitative estimate of drug-likeness (QED) is 0.199. The molecule has 0 bridgehead atoms. The van der Waals surface area contributed by atoms with Crippen LogP contribution in [0, 0.1) is 85.6 Å². The zero-order valence-electron chi connectivity index (χ0n) is 28.9. The molecule has 0 atom stereocenters. The Morgan fingerprint density at radius 2 is 0.955 bits per heavy atom. The highest BCUT2D eigenvalue weighted by Gasteiger charge is 2.28. The number of hydrogen-bond donors (Lipinski definition) is 0. The Hall–Kier alpha value is -3.40. The average molecular weight is 609 g/mol. The molecule has 0 unspecified atom stereocenters. The molecule has 1 aliphatic carbocycles. The van der Waals surface area contributed by atoms with Crippen molar-refractivity contribution in [2.75, 3.05) is 0 Å². The molecule has 5 rings (SSSR count). The average Bonchev–Trinajstić information content (AvgIpc) is 3.84. The molecule has 0 amide bonds. The van der Waals surface area contributed by atoms with Gasteiger partial charge in [0.1, 0.15) is 23.3 Å². The maximum absolute atomic E-state index is 13.6. The number of rotatable bonds is 2. The highest BCUT2D eigenvalue weighted by atomic mass is 19.1. The van der Waals surface area contributed by atoms with Crippen LogP contribution in [0.3, 0.4) is 0 Å². The zero-order valence-corrected chi connectivity index (χ0v) is 28.9. The molecule has 0 heterocycles. The number of hydrogen-bond acceptors (Lipinski definition) is 0. The molecule has 0 spiro atoms. The Balaban J connectivity index is 0.000000289. The lowest BCUT2D eigenvalue weighted by Crippen LogP contribution is -1.94. The smallest absolute Gasteiger partial charge is 0.129 e. The van der Waals surface area contributed by atoms with Gasteiger partial charge in [0.05, 0.1) is 0 Å². The standard InChI is InChI=1S/C11H13F.C10H13F.C9H11F.C8H9F.C2H6/c1-7-3-4-8(2)11(12)10(7)9-5-6-9;1-4-9-7(2)5-6-8(3)10(9)11;1-6-4-5-7(2)9(10)8(6)3;1-6-3-4-7(2)8(9)5-6;1-2/h3-4,9H,5-6H2,1-2H3;5-6H,4H2,1-3H3;4-5H,1-3H3;3-5H,1-2H3;1-2H3. The fourth-order valence-corrected chi connectivity index (χ4v) is 4.56. The van der Waals surface area contributed by atoms with E-state index >= 15 is 0 Å². The van der Waals surface area contributed by atoms with Gasteiger partial charge >= 0.3 is 0 Å². The monoisotopic (exact) mass is 608 g/mol. The summed E-state index contributed by atoms with van der Waals surface area (Å²) in [7, 11) is 0. The molecule has 240 valence electrons. The third-order valence-electron chi connectivity index (χ3n) is 7.78. The molecule has 0 nitrogen and oxygen atoms in total. The maximum Gasteiger partial charge on any atom is 0.129 e. The predicted molar refractivity (Wildman–Crippen MR) is 181 cm³/mol. The number of halogens is 4. The van der Waals surface area contributed by atoms with E-state index in [0.717, 1.165) is 62.1 Å². The van der Waals surface area contributed by atoms with Crippen LogP contribution in [0.5, 0.6) is 0 Å². The SMILES string of the molecule is CC.CCc1c(C)ccc(C)c1F.Cc1ccc(C)c(C2CC2)c1F.Cc1ccc(C)c(F)c1.Cc1ccc(C)c(F)c1C. The third kappa shape index (κ3) is 11.3. The normalized spacial score (nSPS) is 11.5. The molecule has 1 aliphatic rings. The zero-order chi connectivity index (χ0) is 33.7. The van der Waals surface area contributed by atoms with Gasteiger partial charge in [0.2, 0.25) is 0 Å². The second kappa shape index (κ2) is 18.4. The molecule has 0 saturated heterocycles. The maximum atomic E-state index is 13.6. The lowest BCUT2D eigenvalue weighted by Gasteiger charge is -2.07. The van der Waals surface area contributed by atoms with Crippen LogP contribution in [0.4, 0.5) is 17.6 Å². The van der Waals surface area contributed by atoms with Crippen LogP contribution in [0.15, 0.2) is 54.6 Å². The molecule has 0 aromatic heterocycles. The Bertz CT molecular complexity index is 1470. The Kier molecular flexibility index (Phi) is 16.2. The molecule has 4 aromatic carbocycles. The largest absolute Gasteiger partial charge is 0.207 e. The number of benzene rings is 4. The molecule has 1 saturated carbocycles. The second-order valence-electron chi connectivity index (χ2n) is 11.4. The second-order valence-corrected chi connectivity index (χ2v) is 11.4. The predicted octanol–water partition coefficient (Wildman–Crippen LogP) is 12.5. The first-order valence-corrected chi connectivity index (χ1v) is 15.6. The number of aryl methyl sites for hydroxylation is 8. The summed E-state index contributed by atoms with van der Waals surface area (Å²) in [5.74, 6) is 0.324. The van der Waals surface area contributed by atoms with Crippen molar-refractivity contribution in [2.24, 2.45) is 0 Å². The van der Waals surface area contributed by atoms with Gasteiger partial charge < -0.3 is 0 Å². The Labute approximate surface area is 264 Å². The van der Waals surface area contributed by atoms with Gasteiger partial charge in [-0.1, -0.05) is 69.3 Å². The molecule has 1 fully saturated rings. The van der Waals surface area contributed by atoms with Gasteiger partial charge in [0.25, 0.3) is 0 Å². The van der Waals surface area contributed by atoms with Gasteiger partial charge in [-0.15, -0.1) is 0 Å². The Morgan fingerprint density at radius 3 is 1.39 bits per heavy atom. The van der Waals surface area contributed by atoms with Crippen LogP contribution in [0.25, 0.3) is 0 Å². The summed E-state index contributed by atoms with van der Waals surface area (Å²) < 4.78 is 52.4. The van der Waals surface area contributed by atoms with Gasteiger partial charge in [-0.25, -0.2) is 17.6 Å². The highest BCUT2D eigenvalue weighted by Crippen LogP contribution is 2.43. The topological polar surface area (TPSA) is 0 Å². The summed E-state index contributed by atoms with van der Waals surface area (Å²) in [6.45, 7) is 22.7. The van der Waals surface area contributed by atoms with Crippen LogP contribution in [0.1, 0.15) is 101 Å². The van der Waals surface area contributed by atoms with E-state index in [1.807, 2.05) is 91.8 Å². The summed E-state index contributed by atoms with van der Waals surface area (Å²) in [4.78, 5) is 0. The van der Waals surface area contributed by atoms with Gasteiger partial charge in [-0.2, -0.15) is 0 Å². The van der Waals surface area contributed by atoms with Crippen molar-refractivity contribution >= 4 is 0 Å². The van der Waals surface area contributed by atoms with Crippen molar-refractivity contribution in [3.8, 4) is 0 Å². The minimum atomic E-state index is -0.116. The molecule has 0 radical (unpaired) electrons. The summed E-state index contributed by atoms with van der Waals surface area (Å²) in [6, 6.07) is 16.6. The van der Waals surface area contributed by atoms with Gasteiger partial charge in [0.15, 0.2) is 0 Å². The molecular formula is C40H52F4. The van der Waals surface area contributed by atoms with E-state index in [-0.39, 0.29) is 23.3 Å². The van der Waals surface area contributed by atoms with E-state index in [9.17, 15) is 17.6 Å². The van der Waals surface area contributed by atoms with Crippen molar-refractivity contribution in [1.29, 1.82) is 0 Å². The van der Waals surface area contributed by atoms with E-state index in [1.54, 1.807) is 39.8 Å². The van der Waals surface area contributed by atoms with Crippen LogP contribution < -0.4 is 0 Å². The van der Waals surface area contributed by atoms with Crippen LogP contribution in [-0.2, 0) is 6.42 Å². The molecule has 4 heteroatoms. The summed E-state index contributed by atoms with van der Waals surface area (Å²) in [5.41, 5.74) is 9.69. The summed E-state index contributed by atoms with van der Waals surface area (Å²) in [5, 5.41) is 0. The van der Waals surface area contributed by atoms with Crippen LogP contribution >= 0.6 is 0 Å². The fourth-order valence-electron chi connectivity index (χ4n) is 4.56. The third-order valence-corrected chi connectivity index (χ3v) is 7.78. The van der Waals surface area contributed by atoms with Gasteiger partial charge in [0, 0.05) is 0 Å². The van der Waals surface area contributed by atoms with E-state index in [1.165, 1.54) is 18.9 Å². The summed E-state index contributed by atoms with van der Waals surface area (Å²) >= 11 is 0. The highest BCUT2D eigenvalue weighted by molar-refractivity contribution is 5.37. The molecular weight excluding hydrogens is 556 g/mol. The summed E-state index contributed by atoms with van der Waals surface area (Å²) in [6.07, 6.45) is 3.11. The fraction of sp³-hybridized carbons (Fsp3) is 0.400. The van der Waals surface area contributed by atoms with E-state index in [2.05, 4.69) is 0 Å². The van der Waals surface area contributed by atoms with Crippen molar-refractivity contribution in [3.05, 3.63) is 139 Å². The lowest BCUT2D eigenvalue weighted by molar-refractivity contribution is 0.599. The van der Waals surface area contributed by atoms with Crippen molar-refractivity contribution in [1.82, 2.24) is 0 Å². The first kappa shape index (κ1) is 38.6. The van der Waals surface area contributed by atoms with Crippen molar-refractivity contribution in [3.63, 3.8) is 0 Å². The molecule has 4 aromatic rings. The first-order valence-electron chi connectivity index (χ1n) is 15.6. The molecule has 0 N–H and O–H groups in total. The Morgan fingerprint density at radius 1 is 0.523 bits per heavy atom. The van der Waals surface area contributed by atoms with Gasteiger partial charge in [-0.3, -0.25) is 0 Å².